The maximum atomic E-state index is 13.1. The third-order valence-corrected chi connectivity index (χ3v) is 5.25. The van der Waals surface area contributed by atoms with Gasteiger partial charge in [-0.3, -0.25) is 29.0 Å². The van der Waals surface area contributed by atoms with Crippen molar-refractivity contribution in [2.45, 2.75) is 56.3 Å². The van der Waals surface area contributed by atoms with Crippen LogP contribution >= 0.6 is 0 Å². The number of amides is 4. The van der Waals surface area contributed by atoms with Crippen molar-refractivity contribution in [3.05, 3.63) is 35.9 Å². The number of nitrogens with two attached hydrogens (primary N) is 4. The van der Waals surface area contributed by atoms with E-state index in [4.69, 9.17) is 22.9 Å². The highest BCUT2D eigenvalue weighted by atomic mass is 16.4. The Morgan fingerprint density at radius 1 is 0.795 bits per heavy atom. The van der Waals surface area contributed by atoms with E-state index in [1.807, 2.05) is 0 Å². The molecule has 0 spiro atoms. The van der Waals surface area contributed by atoms with Crippen LogP contribution in [0.15, 0.2) is 35.3 Å². The van der Waals surface area contributed by atoms with E-state index < -0.39 is 72.6 Å². The number of hydrogen-bond donors (Lipinski definition) is 9. The zero-order chi connectivity index (χ0) is 29.5. The minimum absolute atomic E-state index is 0.0777. The molecule has 0 aliphatic heterocycles. The minimum atomic E-state index is -1.69. The average molecular weight is 551 g/mol. The fourth-order valence-corrected chi connectivity index (χ4v) is 3.34. The molecular formula is C23H34N8O8. The highest BCUT2D eigenvalue weighted by Gasteiger charge is 2.32. The summed E-state index contributed by atoms with van der Waals surface area (Å²) in [5, 5.41) is 25.6. The Morgan fingerprint density at radius 3 is 1.90 bits per heavy atom. The van der Waals surface area contributed by atoms with Crippen LogP contribution < -0.4 is 38.9 Å². The van der Waals surface area contributed by atoms with Crippen molar-refractivity contribution in [3.63, 3.8) is 0 Å². The second kappa shape index (κ2) is 16.2. The maximum absolute atomic E-state index is 13.1. The van der Waals surface area contributed by atoms with Gasteiger partial charge >= 0.3 is 11.9 Å². The molecule has 1 rings (SSSR count). The molecule has 1 aromatic rings. The molecule has 0 aromatic heterocycles. The zero-order valence-electron chi connectivity index (χ0n) is 21.0. The van der Waals surface area contributed by atoms with Gasteiger partial charge < -0.3 is 49.1 Å². The molecule has 1 aromatic carbocycles. The van der Waals surface area contributed by atoms with Crippen molar-refractivity contribution in [3.8, 4) is 0 Å². The molecular weight excluding hydrogens is 516 g/mol. The molecule has 4 atom stereocenters. The first-order chi connectivity index (χ1) is 18.3. The molecule has 0 bridgehead atoms. The monoisotopic (exact) mass is 550 g/mol. The van der Waals surface area contributed by atoms with E-state index in [2.05, 4.69) is 20.9 Å². The first-order valence-electron chi connectivity index (χ1n) is 11.8. The quantitative estimate of drug-likeness (QED) is 0.0520. The Bertz CT molecular complexity index is 1060. The first kappa shape index (κ1) is 32.3. The van der Waals surface area contributed by atoms with Gasteiger partial charge in [0.1, 0.15) is 18.1 Å². The van der Waals surface area contributed by atoms with Crippen LogP contribution in [0.1, 0.15) is 31.2 Å². The maximum Gasteiger partial charge on any atom is 0.326 e. The van der Waals surface area contributed by atoms with Gasteiger partial charge in [0.15, 0.2) is 5.96 Å². The van der Waals surface area contributed by atoms with Crippen molar-refractivity contribution < 1.29 is 39.0 Å². The Kier molecular flexibility index (Phi) is 13.4. The topological polar surface area (TPSA) is 295 Å². The fraction of sp³-hybridized carbons (Fsp3) is 0.435. The predicted molar refractivity (Wildman–Crippen MR) is 138 cm³/mol. The van der Waals surface area contributed by atoms with Gasteiger partial charge in [-0.15, -0.1) is 0 Å². The van der Waals surface area contributed by atoms with Gasteiger partial charge in [-0.1, -0.05) is 30.3 Å². The van der Waals surface area contributed by atoms with Crippen LogP contribution in [0, 0.1) is 0 Å². The second-order valence-electron chi connectivity index (χ2n) is 8.54. The van der Waals surface area contributed by atoms with Crippen molar-refractivity contribution in [1.82, 2.24) is 16.0 Å². The van der Waals surface area contributed by atoms with E-state index in [0.29, 0.717) is 5.56 Å². The van der Waals surface area contributed by atoms with Crippen LogP contribution in [0.4, 0.5) is 0 Å². The summed E-state index contributed by atoms with van der Waals surface area (Å²) in [4.78, 5) is 76.3. The molecule has 16 heteroatoms. The number of primary amides is 1. The van der Waals surface area contributed by atoms with Gasteiger partial charge in [0.25, 0.3) is 0 Å². The molecule has 0 radical (unpaired) electrons. The Morgan fingerprint density at radius 2 is 1.36 bits per heavy atom. The Labute approximate surface area is 223 Å². The normalized spacial score (nSPS) is 13.6. The van der Waals surface area contributed by atoms with Gasteiger partial charge in [0.05, 0.1) is 18.9 Å². The van der Waals surface area contributed by atoms with Crippen LogP contribution in [-0.4, -0.2) is 82.5 Å². The summed E-state index contributed by atoms with van der Waals surface area (Å²) in [5.41, 5.74) is 21.8. The summed E-state index contributed by atoms with van der Waals surface area (Å²) in [5.74, 6) is -6.78. The fourth-order valence-electron chi connectivity index (χ4n) is 3.34. The van der Waals surface area contributed by atoms with E-state index in [-0.39, 0.29) is 31.8 Å². The molecule has 0 saturated carbocycles. The molecule has 16 nitrogen and oxygen atoms in total. The van der Waals surface area contributed by atoms with Gasteiger partial charge in [-0.05, 0) is 18.4 Å². The highest BCUT2D eigenvalue weighted by molar-refractivity contribution is 5.96. The van der Waals surface area contributed by atoms with Crippen molar-refractivity contribution in [2.75, 3.05) is 6.54 Å². The Balaban J connectivity index is 3.07. The van der Waals surface area contributed by atoms with Crippen molar-refractivity contribution in [2.24, 2.45) is 27.9 Å². The van der Waals surface area contributed by atoms with Crippen molar-refractivity contribution in [1.29, 1.82) is 0 Å². The Hall–Kier alpha value is -4.73. The van der Waals surface area contributed by atoms with E-state index >= 15 is 0 Å². The number of rotatable bonds is 17. The molecule has 4 unspecified atom stereocenters. The van der Waals surface area contributed by atoms with E-state index in [0.717, 1.165) is 0 Å². The highest BCUT2D eigenvalue weighted by Crippen LogP contribution is 2.07. The summed E-state index contributed by atoms with van der Waals surface area (Å²) in [7, 11) is 0. The number of hydrogen-bond acceptors (Lipinski definition) is 8. The lowest BCUT2D eigenvalue weighted by Gasteiger charge is -2.24. The molecule has 4 amide bonds. The van der Waals surface area contributed by atoms with Crippen LogP contribution in [0.5, 0.6) is 0 Å². The van der Waals surface area contributed by atoms with Gasteiger partial charge in [-0.25, -0.2) is 4.79 Å². The number of guanidine groups is 1. The molecule has 13 N–H and O–H groups in total. The van der Waals surface area contributed by atoms with Crippen LogP contribution in [0.2, 0.25) is 0 Å². The second-order valence-corrected chi connectivity index (χ2v) is 8.54. The number of carbonyl (C=O) groups is 6. The van der Waals surface area contributed by atoms with Gasteiger partial charge in [-0.2, -0.15) is 0 Å². The van der Waals surface area contributed by atoms with Crippen LogP contribution in [0.25, 0.3) is 0 Å². The van der Waals surface area contributed by atoms with Crippen molar-refractivity contribution >= 4 is 41.5 Å². The minimum Gasteiger partial charge on any atom is -0.481 e. The third kappa shape index (κ3) is 12.9. The molecule has 0 aliphatic carbocycles. The lowest BCUT2D eigenvalue weighted by molar-refractivity contribution is -0.143. The number of carbonyl (C=O) groups excluding carboxylic acids is 4. The summed E-state index contributed by atoms with van der Waals surface area (Å²) >= 11 is 0. The van der Waals surface area contributed by atoms with E-state index in [1.54, 1.807) is 30.3 Å². The standard InChI is InChI=1S/C23H34N8O8/c24-13(10-17(25)32)19(35)30-15(9-12-5-2-1-3-6-12)20(36)31-16(11-18(33)34)21(37)29-14(22(38)39)7-4-8-28-23(26)27/h1-3,5-6,13-16H,4,7-11,24H2,(H2,25,32)(H,29,37)(H,30,35)(H,31,36)(H,33,34)(H,38,39)(H4,26,27,28). The van der Waals surface area contributed by atoms with Crippen LogP contribution in [-0.2, 0) is 35.2 Å². The molecule has 0 saturated heterocycles. The molecule has 0 heterocycles. The van der Waals surface area contributed by atoms with E-state index in [9.17, 15) is 39.0 Å². The van der Waals surface area contributed by atoms with E-state index in [1.165, 1.54) is 0 Å². The molecule has 0 aliphatic rings. The van der Waals surface area contributed by atoms with Gasteiger partial charge in [0.2, 0.25) is 23.6 Å². The summed E-state index contributed by atoms with van der Waals surface area (Å²) in [6.45, 7) is 0.0933. The largest absolute Gasteiger partial charge is 0.481 e. The summed E-state index contributed by atoms with van der Waals surface area (Å²) < 4.78 is 0. The first-order valence-corrected chi connectivity index (χ1v) is 11.8. The zero-order valence-corrected chi connectivity index (χ0v) is 21.0. The van der Waals surface area contributed by atoms with Crippen LogP contribution in [0.3, 0.4) is 0 Å². The summed E-state index contributed by atoms with van der Waals surface area (Å²) in [6, 6.07) is 2.61. The SMILES string of the molecule is NC(=O)CC(N)C(=O)NC(Cc1ccccc1)C(=O)NC(CC(=O)O)C(=O)NC(CCCN=C(N)N)C(=O)O. The summed E-state index contributed by atoms with van der Waals surface area (Å²) in [6.07, 6.45) is -1.36. The molecule has 0 fully saturated rings. The lowest BCUT2D eigenvalue weighted by Crippen LogP contribution is -2.58. The molecule has 214 valence electrons. The number of nitrogens with zero attached hydrogens (tertiary/aromatic N) is 1. The predicted octanol–water partition coefficient (Wildman–Crippen LogP) is -3.50. The third-order valence-electron chi connectivity index (χ3n) is 5.25. The number of carboxylic acids is 2. The van der Waals surface area contributed by atoms with Gasteiger partial charge in [0, 0.05) is 13.0 Å². The number of benzene rings is 1. The lowest BCUT2D eigenvalue weighted by atomic mass is 10.0. The number of carboxylic acid groups (broad SMARTS) is 2. The number of aliphatic imine (C=N–C) groups is 1. The smallest absolute Gasteiger partial charge is 0.326 e. The average Bonchev–Trinajstić information content (AvgIpc) is 2.84. The number of nitrogens with one attached hydrogen (secondary N) is 3. The number of aliphatic carboxylic acids is 2. The molecule has 39 heavy (non-hydrogen) atoms.